The van der Waals surface area contributed by atoms with Crippen molar-refractivity contribution in [3.05, 3.63) is 11.9 Å². The van der Waals surface area contributed by atoms with E-state index in [1.54, 1.807) is 0 Å². The minimum absolute atomic E-state index is 0.0312. The fraction of sp³-hybridized carbons (Fsp3) is 0.700. The number of nitrogens with one attached hydrogen (secondary N) is 1. The van der Waals surface area contributed by atoms with Gasteiger partial charge in [0.2, 0.25) is 0 Å². The van der Waals surface area contributed by atoms with Crippen LogP contribution in [0.5, 0.6) is 0 Å². The number of H-pyrrole nitrogens is 1. The van der Waals surface area contributed by atoms with Crippen LogP contribution >= 0.6 is 0 Å². The molecule has 1 aromatic heterocycles. The molecule has 1 amide bonds. The highest BCUT2D eigenvalue weighted by atomic mass is 16.2. The van der Waals surface area contributed by atoms with E-state index < -0.39 is 0 Å². The Morgan fingerprint density at radius 1 is 1.62 bits per heavy atom. The van der Waals surface area contributed by atoms with Crippen molar-refractivity contribution in [2.75, 3.05) is 26.2 Å². The normalized spacial score (nSPS) is 22.4. The third-order valence-corrected chi connectivity index (χ3v) is 3.09. The summed E-state index contributed by atoms with van der Waals surface area (Å²) >= 11 is 0. The summed E-state index contributed by atoms with van der Waals surface area (Å²) in [5, 5.41) is 9.93. The molecule has 1 atom stereocenters. The van der Waals surface area contributed by atoms with E-state index in [0.717, 1.165) is 26.2 Å². The lowest BCUT2D eigenvalue weighted by molar-refractivity contribution is 0.0523. The highest BCUT2D eigenvalue weighted by molar-refractivity contribution is 5.91. The second kappa shape index (κ2) is 4.61. The van der Waals surface area contributed by atoms with E-state index in [4.69, 9.17) is 0 Å². The average Bonchev–Trinajstić information content (AvgIpc) is 2.81. The molecular weight excluding hydrogens is 206 g/mol. The molecule has 0 radical (unpaired) electrons. The molecular formula is C10H17N5O. The number of aromatic amines is 1. The largest absolute Gasteiger partial charge is 0.334 e. The Balaban J connectivity index is 2.00. The summed E-state index contributed by atoms with van der Waals surface area (Å²) in [4.78, 5) is 16.2. The van der Waals surface area contributed by atoms with Gasteiger partial charge in [0.15, 0.2) is 5.69 Å². The molecule has 0 aliphatic carbocycles. The van der Waals surface area contributed by atoms with Crippen LogP contribution in [-0.4, -0.2) is 63.3 Å². The topological polar surface area (TPSA) is 65.1 Å². The molecule has 0 aromatic carbocycles. The van der Waals surface area contributed by atoms with Crippen LogP contribution in [0.3, 0.4) is 0 Å². The molecule has 1 aliphatic heterocycles. The van der Waals surface area contributed by atoms with Crippen LogP contribution in [0.4, 0.5) is 0 Å². The molecule has 1 unspecified atom stereocenters. The fourth-order valence-corrected chi connectivity index (χ4v) is 2.12. The third-order valence-electron chi connectivity index (χ3n) is 3.09. The molecule has 1 aromatic rings. The first-order valence-electron chi connectivity index (χ1n) is 5.61. The highest BCUT2D eigenvalue weighted by Crippen LogP contribution is 2.11. The van der Waals surface area contributed by atoms with Crippen molar-refractivity contribution in [2.45, 2.75) is 19.9 Å². The zero-order valence-electron chi connectivity index (χ0n) is 9.68. The number of rotatable bonds is 2. The molecule has 16 heavy (non-hydrogen) atoms. The number of piperazine rings is 1. The third kappa shape index (κ3) is 2.06. The van der Waals surface area contributed by atoms with E-state index in [9.17, 15) is 4.79 Å². The van der Waals surface area contributed by atoms with Gasteiger partial charge >= 0.3 is 0 Å². The van der Waals surface area contributed by atoms with Crippen molar-refractivity contribution in [3.63, 3.8) is 0 Å². The SMILES string of the molecule is CCN1CCN(C(=O)c2cn[nH]n2)CC1C. The summed E-state index contributed by atoms with van der Waals surface area (Å²) in [5.74, 6) is -0.0312. The van der Waals surface area contributed by atoms with Gasteiger partial charge < -0.3 is 4.90 Å². The van der Waals surface area contributed by atoms with E-state index >= 15 is 0 Å². The average molecular weight is 223 g/mol. The molecule has 0 saturated carbocycles. The van der Waals surface area contributed by atoms with Gasteiger partial charge in [-0.1, -0.05) is 6.92 Å². The number of aromatic nitrogens is 3. The Labute approximate surface area is 94.6 Å². The van der Waals surface area contributed by atoms with Crippen molar-refractivity contribution in [2.24, 2.45) is 0 Å². The number of carbonyl (C=O) groups excluding carboxylic acids is 1. The molecule has 0 spiro atoms. The van der Waals surface area contributed by atoms with E-state index in [-0.39, 0.29) is 5.91 Å². The van der Waals surface area contributed by atoms with E-state index in [1.807, 2.05) is 4.90 Å². The lowest BCUT2D eigenvalue weighted by atomic mass is 10.2. The van der Waals surface area contributed by atoms with Gasteiger partial charge in [0.1, 0.15) is 0 Å². The summed E-state index contributed by atoms with van der Waals surface area (Å²) < 4.78 is 0. The standard InChI is InChI=1S/C10H17N5O/c1-3-14-4-5-15(7-8(14)2)10(16)9-6-11-13-12-9/h6,8H,3-5,7H2,1-2H3,(H,11,12,13). The number of nitrogens with zero attached hydrogens (tertiary/aromatic N) is 4. The van der Waals surface area contributed by atoms with Crippen LogP contribution < -0.4 is 0 Å². The fourth-order valence-electron chi connectivity index (χ4n) is 2.12. The molecule has 1 fully saturated rings. The van der Waals surface area contributed by atoms with Gasteiger partial charge in [-0.25, -0.2) is 0 Å². The second-order valence-electron chi connectivity index (χ2n) is 4.08. The minimum Gasteiger partial charge on any atom is -0.334 e. The number of likely N-dealkylation sites (N-methyl/N-ethyl adjacent to an activating group) is 1. The van der Waals surface area contributed by atoms with Crippen molar-refractivity contribution in [3.8, 4) is 0 Å². The van der Waals surface area contributed by atoms with Crippen molar-refractivity contribution in [1.29, 1.82) is 0 Å². The van der Waals surface area contributed by atoms with E-state index in [1.165, 1.54) is 6.20 Å². The zero-order chi connectivity index (χ0) is 11.5. The van der Waals surface area contributed by atoms with Crippen LogP contribution in [0.1, 0.15) is 24.3 Å². The van der Waals surface area contributed by atoms with Gasteiger partial charge in [-0.3, -0.25) is 9.69 Å². The van der Waals surface area contributed by atoms with Crippen molar-refractivity contribution in [1.82, 2.24) is 25.2 Å². The summed E-state index contributed by atoms with van der Waals surface area (Å²) in [6.07, 6.45) is 1.47. The Hall–Kier alpha value is -1.43. The van der Waals surface area contributed by atoms with Gasteiger partial charge in [0.25, 0.3) is 5.91 Å². The molecule has 0 bridgehead atoms. The molecule has 6 nitrogen and oxygen atoms in total. The molecule has 6 heteroatoms. The maximum atomic E-state index is 12.0. The minimum atomic E-state index is -0.0312. The maximum Gasteiger partial charge on any atom is 0.276 e. The Kier molecular flexibility index (Phi) is 3.19. The first-order chi connectivity index (χ1) is 7.72. The molecule has 1 N–H and O–H groups in total. The van der Waals surface area contributed by atoms with Gasteiger partial charge in [-0.2, -0.15) is 15.4 Å². The zero-order valence-corrected chi connectivity index (χ0v) is 9.68. The molecule has 1 aliphatic rings. The van der Waals surface area contributed by atoms with Gasteiger partial charge in [0.05, 0.1) is 6.20 Å². The van der Waals surface area contributed by atoms with E-state index in [2.05, 4.69) is 34.2 Å². The summed E-state index contributed by atoms with van der Waals surface area (Å²) in [5.41, 5.74) is 0.400. The maximum absolute atomic E-state index is 12.0. The summed E-state index contributed by atoms with van der Waals surface area (Å²) in [6, 6.07) is 0.412. The van der Waals surface area contributed by atoms with Gasteiger partial charge in [-0.05, 0) is 13.5 Å². The predicted octanol–water partition coefficient (Wildman–Crippen LogP) is -0.0291. The quantitative estimate of drug-likeness (QED) is 0.764. The van der Waals surface area contributed by atoms with Crippen LogP contribution in [0.2, 0.25) is 0 Å². The van der Waals surface area contributed by atoms with Gasteiger partial charge in [-0.15, -0.1) is 0 Å². The lowest BCUT2D eigenvalue weighted by Crippen LogP contribution is -2.53. The lowest BCUT2D eigenvalue weighted by Gasteiger charge is -2.38. The van der Waals surface area contributed by atoms with Crippen LogP contribution in [0, 0.1) is 0 Å². The van der Waals surface area contributed by atoms with Crippen LogP contribution in [0.25, 0.3) is 0 Å². The Morgan fingerprint density at radius 3 is 3.00 bits per heavy atom. The molecule has 2 rings (SSSR count). The number of hydrogen-bond donors (Lipinski definition) is 1. The number of hydrogen-bond acceptors (Lipinski definition) is 4. The number of carbonyl (C=O) groups is 1. The van der Waals surface area contributed by atoms with Gasteiger partial charge in [0, 0.05) is 25.7 Å². The Morgan fingerprint density at radius 2 is 2.44 bits per heavy atom. The monoisotopic (exact) mass is 223 g/mol. The van der Waals surface area contributed by atoms with Crippen LogP contribution in [0.15, 0.2) is 6.20 Å². The highest BCUT2D eigenvalue weighted by Gasteiger charge is 2.27. The van der Waals surface area contributed by atoms with Crippen molar-refractivity contribution < 1.29 is 4.79 Å². The van der Waals surface area contributed by atoms with Crippen LogP contribution in [-0.2, 0) is 0 Å². The van der Waals surface area contributed by atoms with Crippen molar-refractivity contribution >= 4 is 5.91 Å². The van der Waals surface area contributed by atoms with E-state index in [0.29, 0.717) is 11.7 Å². The first-order valence-corrected chi connectivity index (χ1v) is 5.61. The first kappa shape index (κ1) is 11.1. The smallest absolute Gasteiger partial charge is 0.276 e. The Bertz CT molecular complexity index is 350. The summed E-state index contributed by atoms with van der Waals surface area (Å²) in [7, 11) is 0. The second-order valence-corrected chi connectivity index (χ2v) is 4.08. The molecule has 1 saturated heterocycles. The number of amides is 1. The molecule has 2 heterocycles. The predicted molar refractivity (Wildman–Crippen MR) is 59.0 cm³/mol. The molecule has 88 valence electrons. The summed E-state index contributed by atoms with van der Waals surface area (Å²) in [6.45, 7) is 7.79.